The molecule has 0 aliphatic heterocycles. The number of carbonyl (C=O) groups excluding carboxylic acids is 2. The van der Waals surface area contributed by atoms with Crippen LogP contribution in [0.1, 0.15) is 46.5 Å². The molecular weight excluding hydrogens is 426 g/mol. The molecule has 0 heterocycles. The molecule has 3 fully saturated rings. The molecule has 0 aromatic heterocycles. The third-order valence-corrected chi connectivity index (χ3v) is 9.70. The molecule has 0 aromatic rings. The lowest BCUT2D eigenvalue weighted by Gasteiger charge is -2.62. The van der Waals surface area contributed by atoms with E-state index in [1.165, 1.54) is 18.2 Å². The van der Waals surface area contributed by atoms with Crippen molar-refractivity contribution in [3.05, 3.63) is 23.8 Å². The van der Waals surface area contributed by atoms with E-state index in [4.69, 9.17) is 0 Å². The Bertz CT molecular complexity index is 956. The van der Waals surface area contributed by atoms with Crippen molar-refractivity contribution in [1.82, 2.24) is 0 Å². The average Bonchev–Trinajstić information content (AvgIpc) is 2.84. The fourth-order valence-electron chi connectivity index (χ4n) is 7.45. The van der Waals surface area contributed by atoms with Gasteiger partial charge in [0.2, 0.25) is 0 Å². The van der Waals surface area contributed by atoms with E-state index in [0.717, 1.165) is 0 Å². The van der Waals surface area contributed by atoms with Gasteiger partial charge in [-0.3, -0.25) is 14.2 Å². The second-order valence-electron chi connectivity index (χ2n) is 10.4. The summed E-state index contributed by atoms with van der Waals surface area (Å²) in [7, 11) is -4.71. The van der Waals surface area contributed by atoms with Crippen molar-refractivity contribution in [2.75, 3.05) is 6.16 Å². The van der Waals surface area contributed by atoms with Crippen molar-refractivity contribution in [2.45, 2.75) is 63.8 Å². The van der Waals surface area contributed by atoms with E-state index >= 15 is 4.39 Å². The molecule has 0 bridgehead atoms. The van der Waals surface area contributed by atoms with Gasteiger partial charge in [-0.05, 0) is 56.6 Å². The first-order valence-corrected chi connectivity index (χ1v) is 12.5. The SMILES string of the molecule is C[C@H]1C[C@H]2[C@@H]3CCC4=CC(=O)C=C[C@]4(C)[C@@]3(F)[C@@H](O)C[C@]2(C)[C@@]1(O)C(=O)CP(=O)(O)O. The quantitative estimate of drug-likeness (QED) is 0.478. The first-order valence-electron chi connectivity index (χ1n) is 10.7. The zero-order valence-electron chi connectivity index (χ0n) is 17.9. The van der Waals surface area contributed by atoms with Crippen molar-refractivity contribution in [2.24, 2.45) is 28.6 Å². The zero-order chi connectivity index (χ0) is 23.2. The van der Waals surface area contributed by atoms with Crippen molar-refractivity contribution < 1.29 is 38.5 Å². The van der Waals surface area contributed by atoms with E-state index in [-0.39, 0.29) is 12.2 Å². The summed E-state index contributed by atoms with van der Waals surface area (Å²) in [5.41, 5.74) is -5.93. The van der Waals surface area contributed by atoms with Crippen molar-refractivity contribution in [3.8, 4) is 0 Å². The predicted molar refractivity (Wildman–Crippen MR) is 110 cm³/mol. The number of halogens is 1. The highest BCUT2D eigenvalue weighted by atomic mass is 31.2. The van der Waals surface area contributed by atoms with Gasteiger partial charge >= 0.3 is 7.60 Å². The van der Waals surface area contributed by atoms with Gasteiger partial charge in [0.15, 0.2) is 17.2 Å². The van der Waals surface area contributed by atoms with Crippen LogP contribution in [-0.2, 0) is 14.2 Å². The van der Waals surface area contributed by atoms with Crippen LogP contribution in [-0.4, -0.2) is 55.1 Å². The van der Waals surface area contributed by atoms with E-state index in [9.17, 15) is 34.2 Å². The van der Waals surface area contributed by atoms with Gasteiger partial charge in [-0.2, -0.15) is 0 Å². The number of allylic oxidation sites excluding steroid dienone is 4. The number of alkyl halides is 1. The van der Waals surface area contributed by atoms with E-state index < -0.39 is 65.5 Å². The molecule has 172 valence electrons. The Balaban J connectivity index is 1.79. The van der Waals surface area contributed by atoms with Gasteiger partial charge in [-0.15, -0.1) is 0 Å². The fourth-order valence-corrected chi connectivity index (χ4v) is 8.06. The Hall–Kier alpha value is -1.18. The number of aliphatic hydroxyl groups excluding tert-OH is 1. The van der Waals surface area contributed by atoms with Crippen LogP contribution < -0.4 is 0 Å². The maximum Gasteiger partial charge on any atom is 0.333 e. The molecule has 4 aliphatic rings. The van der Waals surface area contributed by atoms with Crippen LogP contribution in [0.5, 0.6) is 0 Å². The van der Waals surface area contributed by atoms with E-state index in [2.05, 4.69) is 0 Å². The van der Waals surface area contributed by atoms with Crippen LogP contribution in [0, 0.1) is 28.6 Å². The fraction of sp³-hybridized carbons (Fsp3) is 0.727. The van der Waals surface area contributed by atoms with Crippen LogP contribution >= 0.6 is 7.60 Å². The molecule has 0 spiro atoms. The number of rotatable bonds is 3. The van der Waals surface area contributed by atoms with E-state index in [1.54, 1.807) is 20.8 Å². The van der Waals surface area contributed by atoms with E-state index in [1.807, 2.05) is 0 Å². The number of Topliss-reactive ketones (excluding diaryl/α,β-unsaturated/α-hetero) is 1. The van der Waals surface area contributed by atoms with Crippen LogP contribution in [0.2, 0.25) is 0 Å². The Morgan fingerprint density at radius 2 is 1.94 bits per heavy atom. The Labute approximate surface area is 180 Å². The number of aliphatic hydroxyl groups is 2. The standard InChI is InChI=1S/C22H30FO7P/c1-12-8-16-15-5-4-13-9-14(24)6-7-19(13,2)21(15,23)17(25)10-20(16,3)22(12,27)18(26)11-31(28,29)30/h6-7,9,12,15-17,25,27H,4-5,8,10-11H2,1-3H3,(H2,28,29,30)/t12-,15-,16-,17-,19-,20-,21-,22-/m0/s1. The molecule has 0 aromatic carbocycles. The molecule has 7 nitrogen and oxygen atoms in total. The number of hydrogen-bond donors (Lipinski definition) is 4. The zero-order valence-corrected chi connectivity index (χ0v) is 18.8. The minimum atomic E-state index is -4.71. The van der Waals surface area contributed by atoms with Crippen LogP contribution in [0.15, 0.2) is 23.8 Å². The first-order chi connectivity index (χ1) is 14.1. The Morgan fingerprint density at radius 3 is 2.55 bits per heavy atom. The van der Waals surface area contributed by atoms with Gasteiger partial charge in [0.1, 0.15) is 11.8 Å². The van der Waals surface area contributed by atoms with Crippen LogP contribution in [0.3, 0.4) is 0 Å². The molecule has 0 radical (unpaired) electrons. The minimum absolute atomic E-state index is 0.212. The molecule has 4 aliphatic carbocycles. The molecule has 31 heavy (non-hydrogen) atoms. The highest BCUT2D eigenvalue weighted by Crippen LogP contribution is 2.70. The second kappa shape index (κ2) is 6.67. The lowest BCUT2D eigenvalue weighted by molar-refractivity contribution is -0.218. The van der Waals surface area contributed by atoms with Crippen LogP contribution in [0.4, 0.5) is 4.39 Å². The molecule has 8 atom stereocenters. The van der Waals surface area contributed by atoms with Gasteiger partial charge in [-0.25, -0.2) is 4.39 Å². The highest BCUT2D eigenvalue weighted by molar-refractivity contribution is 7.52. The number of ketones is 2. The van der Waals surface area contributed by atoms with Gasteiger partial charge < -0.3 is 20.0 Å². The van der Waals surface area contributed by atoms with Crippen molar-refractivity contribution >= 4 is 19.2 Å². The van der Waals surface area contributed by atoms with Gasteiger partial charge in [0, 0.05) is 16.7 Å². The summed E-state index contributed by atoms with van der Waals surface area (Å²) in [6.07, 6.45) is 2.59. The number of hydrogen-bond acceptors (Lipinski definition) is 5. The summed E-state index contributed by atoms with van der Waals surface area (Å²) >= 11 is 0. The third-order valence-electron chi connectivity index (χ3n) is 9.00. The summed E-state index contributed by atoms with van der Waals surface area (Å²) in [4.78, 5) is 43.5. The summed E-state index contributed by atoms with van der Waals surface area (Å²) < 4.78 is 28.5. The maximum atomic E-state index is 17.0. The first kappa shape index (κ1) is 23.0. The smallest absolute Gasteiger partial charge is 0.333 e. The van der Waals surface area contributed by atoms with Gasteiger partial charge in [0.05, 0.1) is 6.10 Å². The Morgan fingerprint density at radius 1 is 1.29 bits per heavy atom. The predicted octanol–water partition coefficient (Wildman–Crippen LogP) is 2.08. The summed E-state index contributed by atoms with van der Waals surface area (Å²) in [5.74, 6) is -2.96. The van der Waals surface area contributed by atoms with Crippen molar-refractivity contribution in [1.29, 1.82) is 0 Å². The molecule has 4 rings (SSSR count). The summed E-state index contributed by atoms with van der Waals surface area (Å²) in [6, 6.07) is 0. The second-order valence-corrected chi connectivity index (χ2v) is 12.1. The molecule has 0 amide bonds. The summed E-state index contributed by atoms with van der Waals surface area (Å²) in [6.45, 7) is 4.96. The minimum Gasteiger partial charge on any atom is -0.390 e. The monoisotopic (exact) mass is 456 g/mol. The summed E-state index contributed by atoms with van der Waals surface area (Å²) in [5, 5.41) is 22.8. The molecule has 3 saturated carbocycles. The number of carbonyl (C=O) groups is 2. The third kappa shape index (κ3) is 2.81. The van der Waals surface area contributed by atoms with Gasteiger partial charge in [0.25, 0.3) is 0 Å². The molecular formula is C22H30FO7P. The lowest BCUT2D eigenvalue weighted by Crippen LogP contribution is -2.69. The van der Waals surface area contributed by atoms with Crippen molar-refractivity contribution in [3.63, 3.8) is 0 Å². The number of fused-ring (bicyclic) bond motifs is 5. The maximum absolute atomic E-state index is 17.0. The van der Waals surface area contributed by atoms with E-state index in [0.29, 0.717) is 24.8 Å². The van der Waals surface area contributed by atoms with Crippen LogP contribution in [0.25, 0.3) is 0 Å². The largest absolute Gasteiger partial charge is 0.390 e. The Kier molecular flexibility index (Phi) is 4.95. The lowest BCUT2D eigenvalue weighted by atomic mass is 9.44. The topological polar surface area (TPSA) is 132 Å². The highest BCUT2D eigenvalue weighted by Gasteiger charge is 2.75. The molecule has 0 unspecified atom stereocenters. The average molecular weight is 456 g/mol. The van der Waals surface area contributed by atoms with Gasteiger partial charge in [-0.1, -0.05) is 25.5 Å². The molecule has 9 heteroatoms. The normalized spacial score (nSPS) is 49.2. The molecule has 4 N–H and O–H groups in total. The molecule has 0 saturated heterocycles.